The molecule has 0 spiro atoms. The van der Waals surface area contributed by atoms with Crippen molar-refractivity contribution < 1.29 is 14.5 Å². The molecule has 0 amide bonds. The van der Waals surface area contributed by atoms with Crippen LogP contribution in [0.2, 0.25) is 0 Å². The first-order valence-corrected chi connectivity index (χ1v) is 6.08. The van der Waals surface area contributed by atoms with Gasteiger partial charge in [0.1, 0.15) is 6.20 Å². The summed E-state index contributed by atoms with van der Waals surface area (Å²) in [6.45, 7) is 0.275. The molecule has 0 N–H and O–H groups in total. The molecule has 1 atom stereocenters. The SMILES string of the molecule is Cn1cc([N+](=O)[O-])c(C(=O)OC[C@@H]2CC=CCC2)n1. The van der Waals surface area contributed by atoms with E-state index in [1.165, 1.54) is 17.9 Å². The third-order valence-corrected chi connectivity index (χ3v) is 3.03. The molecule has 19 heavy (non-hydrogen) atoms. The summed E-state index contributed by atoms with van der Waals surface area (Å²) in [6, 6.07) is 0. The molecule has 0 saturated carbocycles. The maximum Gasteiger partial charge on any atom is 0.366 e. The van der Waals surface area contributed by atoms with E-state index in [9.17, 15) is 14.9 Å². The van der Waals surface area contributed by atoms with Gasteiger partial charge in [0.25, 0.3) is 0 Å². The van der Waals surface area contributed by atoms with Crippen molar-refractivity contribution in [1.82, 2.24) is 9.78 Å². The number of nitrogens with zero attached hydrogens (tertiary/aromatic N) is 3. The Morgan fingerprint density at radius 2 is 2.42 bits per heavy atom. The van der Waals surface area contributed by atoms with Crippen molar-refractivity contribution in [3.63, 3.8) is 0 Å². The normalized spacial score (nSPS) is 18.3. The van der Waals surface area contributed by atoms with E-state index in [0.717, 1.165) is 19.3 Å². The van der Waals surface area contributed by atoms with Crippen LogP contribution in [0.1, 0.15) is 29.8 Å². The van der Waals surface area contributed by atoms with Crippen LogP contribution in [0.3, 0.4) is 0 Å². The van der Waals surface area contributed by atoms with E-state index in [0.29, 0.717) is 0 Å². The fourth-order valence-corrected chi connectivity index (χ4v) is 2.02. The van der Waals surface area contributed by atoms with Gasteiger partial charge in [0.15, 0.2) is 0 Å². The molecule has 1 aliphatic carbocycles. The highest BCUT2D eigenvalue weighted by atomic mass is 16.6. The summed E-state index contributed by atoms with van der Waals surface area (Å²) in [5, 5.41) is 14.6. The van der Waals surface area contributed by atoms with E-state index in [2.05, 4.69) is 17.3 Å². The first kappa shape index (κ1) is 13.3. The van der Waals surface area contributed by atoms with Crippen LogP contribution in [0.5, 0.6) is 0 Å². The zero-order valence-electron chi connectivity index (χ0n) is 10.6. The second-order valence-corrected chi connectivity index (χ2v) is 4.54. The molecule has 7 nitrogen and oxygen atoms in total. The smallest absolute Gasteiger partial charge is 0.366 e. The Bertz CT molecular complexity index is 521. The highest BCUT2D eigenvalue weighted by Crippen LogP contribution is 2.20. The van der Waals surface area contributed by atoms with Crippen LogP contribution in [-0.2, 0) is 11.8 Å². The van der Waals surface area contributed by atoms with Crippen LogP contribution >= 0.6 is 0 Å². The van der Waals surface area contributed by atoms with Crippen molar-refractivity contribution in [1.29, 1.82) is 0 Å². The van der Waals surface area contributed by atoms with E-state index in [-0.39, 0.29) is 23.9 Å². The first-order chi connectivity index (χ1) is 9.08. The van der Waals surface area contributed by atoms with Gasteiger partial charge in [-0.2, -0.15) is 5.10 Å². The maximum atomic E-state index is 11.8. The molecule has 0 bridgehead atoms. The number of allylic oxidation sites excluding steroid dienone is 2. The standard InChI is InChI=1S/C12H15N3O4/c1-14-7-10(15(17)18)11(13-14)12(16)19-8-9-5-3-2-4-6-9/h2-3,7,9H,4-6,8H2,1H3/t9-/m1/s1. The molecular weight excluding hydrogens is 250 g/mol. The summed E-state index contributed by atoms with van der Waals surface area (Å²) in [7, 11) is 1.52. The minimum atomic E-state index is -0.734. The molecular formula is C12H15N3O4. The fraction of sp³-hybridized carbons (Fsp3) is 0.500. The summed E-state index contributed by atoms with van der Waals surface area (Å²) in [6.07, 6.45) is 8.17. The van der Waals surface area contributed by atoms with E-state index in [1.54, 1.807) is 0 Å². The lowest BCUT2D eigenvalue weighted by molar-refractivity contribution is -0.385. The van der Waals surface area contributed by atoms with Crippen LogP contribution in [0, 0.1) is 16.0 Å². The molecule has 0 aromatic carbocycles. The Morgan fingerprint density at radius 1 is 1.63 bits per heavy atom. The summed E-state index contributed by atoms with van der Waals surface area (Å²) in [5.41, 5.74) is -0.560. The molecule has 0 aliphatic heterocycles. The molecule has 0 radical (unpaired) electrons. The quantitative estimate of drug-likeness (QED) is 0.359. The number of rotatable bonds is 4. The lowest BCUT2D eigenvalue weighted by Crippen LogP contribution is -2.16. The average molecular weight is 265 g/mol. The van der Waals surface area contributed by atoms with Crippen LogP contribution in [-0.4, -0.2) is 27.3 Å². The molecule has 0 saturated heterocycles. The Morgan fingerprint density at radius 3 is 3.05 bits per heavy atom. The maximum absolute atomic E-state index is 11.8. The predicted octanol–water partition coefficient (Wildman–Crippen LogP) is 1.84. The number of hydrogen-bond acceptors (Lipinski definition) is 5. The summed E-state index contributed by atoms with van der Waals surface area (Å²) < 4.78 is 6.35. The lowest BCUT2D eigenvalue weighted by atomic mass is 9.95. The van der Waals surface area contributed by atoms with Crippen LogP contribution in [0.4, 0.5) is 5.69 Å². The van der Waals surface area contributed by atoms with Gasteiger partial charge in [-0.1, -0.05) is 12.2 Å². The highest BCUT2D eigenvalue weighted by molar-refractivity contribution is 5.91. The van der Waals surface area contributed by atoms with Gasteiger partial charge >= 0.3 is 11.7 Å². The Kier molecular flexibility index (Phi) is 3.94. The second kappa shape index (κ2) is 5.64. The lowest BCUT2D eigenvalue weighted by Gasteiger charge is -2.16. The second-order valence-electron chi connectivity index (χ2n) is 4.54. The monoisotopic (exact) mass is 265 g/mol. The van der Waals surface area contributed by atoms with Crippen LogP contribution in [0.25, 0.3) is 0 Å². The number of nitro groups is 1. The third-order valence-electron chi connectivity index (χ3n) is 3.03. The van der Waals surface area contributed by atoms with Crippen molar-refractivity contribution in [2.75, 3.05) is 6.61 Å². The van der Waals surface area contributed by atoms with Crippen molar-refractivity contribution in [2.45, 2.75) is 19.3 Å². The molecule has 1 heterocycles. The van der Waals surface area contributed by atoms with E-state index in [1.807, 2.05) is 0 Å². The minimum Gasteiger partial charge on any atom is -0.460 e. The number of ether oxygens (including phenoxy) is 1. The minimum absolute atomic E-state index is 0.237. The molecule has 2 rings (SSSR count). The number of aryl methyl sites for hydroxylation is 1. The van der Waals surface area contributed by atoms with E-state index < -0.39 is 10.9 Å². The van der Waals surface area contributed by atoms with Gasteiger partial charge in [0, 0.05) is 7.05 Å². The van der Waals surface area contributed by atoms with Crippen molar-refractivity contribution >= 4 is 11.7 Å². The van der Waals surface area contributed by atoms with Crippen molar-refractivity contribution in [2.24, 2.45) is 13.0 Å². The third kappa shape index (κ3) is 3.18. The zero-order valence-corrected chi connectivity index (χ0v) is 10.6. The van der Waals surface area contributed by atoms with Gasteiger partial charge in [-0.25, -0.2) is 4.79 Å². The fourth-order valence-electron chi connectivity index (χ4n) is 2.02. The molecule has 1 aromatic heterocycles. The van der Waals surface area contributed by atoms with Gasteiger partial charge in [-0.05, 0) is 25.2 Å². The number of carbonyl (C=O) groups excluding carboxylic acids is 1. The Hall–Kier alpha value is -2.18. The molecule has 102 valence electrons. The molecule has 0 fully saturated rings. The number of carbonyl (C=O) groups is 1. The van der Waals surface area contributed by atoms with Crippen molar-refractivity contribution in [3.8, 4) is 0 Å². The zero-order chi connectivity index (χ0) is 13.8. The number of aromatic nitrogens is 2. The average Bonchev–Trinajstić information content (AvgIpc) is 2.79. The van der Waals surface area contributed by atoms with Gasteiger partial charge in [-0.3, -0.25) is 14.8 Å². The van der Waals surface area contributed by atoms with E-state index >= 15 is 0 Å². The van der Waals surface area contributed by atoms with Gasteiger partial charge < -0.3 is 4.74 Å². The first-order valence-electron chi connectivity index (χ1n) is 6.08. The summed E-state index contributed by atoms with van der Waals surface area (Å²) in [4.78, 5) is 22.0. The molecule has 1 aromatic rings. The predicted molar refractivity (Wildman–Crippen MR) is 66.6 cm³/mol. The molecule has 0 unspecified atom stereocenters. The van der Waals surface area contributed by atoms with Crippen LogP contribution in [0.15, 0.2) is 18.3 Å². The highest BCUT2D eigenvalue weighted by Gasteiger charge is 2.26. The van der Waals surface area contributed by atoms with Crippen LogP contribution < -0.4 is 0 Å². The van der Waals surface area contributed by atoms with Crippen molar-refractivity contribution in [3.05, 3.63) is 34.2 Å². The number of esters is 1. The molecule has 7 heteroatoms. The van der Waals surface area contributed by atoms with Gasteiger partial charge in [0.2, 0.25) is 5.69 Å². The topological polar surface area (TPSA) is 87.3 Å². The van der Waals surface area contributed by atoms with E-state index in [4.69, 9.17) is 4.74 Å². The van der Waals surface area contributed by atoms with Gasteiger partial charge in [0.05, 0.1) is 11.5 Å². The Balaban J connectivity index is 1.99. The molecule has 1 aliphatic rings. The largest absolute Gasteiger partial charge is 0.460 e. The number of hydrogen-bond donors (Lipinski definition) is 0. The summed E-state index contributed by atoms with van der Waals surface area (Å²) >= 11 is 0. The summed E-state index contributed by atoms with van der Waals surface area (Å²) in [5.74, 6) is -0.446. The Labute approximate surface area is 110 Å². The van der Waals surface area contributed by atoms with Gasteiger partial charge in [-0.15, -0.1) is 0 Å².